The Balaban J connectivity index is 2.82. The molecule has 1 rings (SSSR count). The van der Waals surface area contributed by atoms with Crippen molar-refractivity contribution in [3.8, 4) is 0 Å². The predicted octanol–water partition coefficient (Wildman–Crippen LogP) is 1.98. The van der Waals surface area contributed by atoms with Crippen LogP contribution in [0.15, 0.2) is 4.60 Å². The van der Waals surface area contributed by atoms with Gasteiger partial charge in [0, 0.05) is 7.05 Å². The molecular weight excluding hydrogens is 230 g/mol. The number of hydrogen-bond donors (Lipinski definition) is 1. The molecule has 0 amide bonds. The minimum absolute atomic E-state index is 0.501. The first-order valence-corrected chi connectivity index (χ1v) is 5.40. The monoisotopic (exact) mass is 245 g/mol. The maximum atomic E-state index is 5.56. The number of aromatic nitrogens is 2. The lowest BCUT2D eigenvalue weighted by Crippen LogP contribution is -2.04. The van der Waals surface area contributed by atoms with E-state index >= 15 is 0 Å². The number of hydrogen-bond acceptors (Lipinski definition) is 2. The third-order valence-electron chi connectivity index (χ3n) is 2.13. The zero-order valence-corrected chi connectivity index (χ0v) is 9.76. The Morgan fingerprint density at radius 1 is 1.54 bits per heavy atom. The Hall–Kier alpha value is -0.350. The van der Waals surface area contributed by atoms with Crippen molar-refractivity contribution >= 4 is 15.9 Å². The molecule has 0 saturated carbocycles. The van der Waals surface area contributed by atoms with E-state index in [9.17, 15) is 0 Å². The fraction of sp³-hybridized carbons (Fsp3) is 0.667. The van der Waals surface area contributed by atoms with Gasteiger partial charge in [-0.1, -0.05) is 13.3 Å². The summed E-state index contributed by atoms with van der Waals surface area (Å²) in [5, 5.41) is 0. The first-order chi connectivity index (χ1) is 6.20. The molecule has 0 atom stereocenters. The van der Waals surface area contributed by atoms with Crippen LogP contribution in [0.2, 0.25) is 0 Å². The van der Waals surface area contributed by atoms with Crippen LogP contribution < -0.4 is 5.73 Å². The van der Waals surface area contributed by atoms with Crippen LogP contribution in [0.1, 0.15) is 31.3 Å². The third-order valence-corrected chi connectivity index (χ3v) is 3.12. The second-order valence-corrected chi connectivity index (χ2v) is 3.88. The van der Waals surface area contributed by atoms with Crippen molar-refractivity contribution in [1.82, 2.24) is 9.55 Å². The summed E-state index contributed by atoms with van der Waals surface area (Å²) in [5.74, 6) is 0.943. The van der Waals surface area contributed by atoms with E-state index in [4.69, 9.17) is 5.73 Å². The highest BCUT2D eigenvalue weighted by atomic mass is 79.9. The van der Waals surface area contributed by atoms with E-state index in [2.05, 4.69) is 27.8 Å². The highest BCUT2D eigenvalue weighted by Gasteiger charge is 2.09. The smallest absolute Gasteiger partial charge is 0.123 e. The molecule has 74 valence electrons. The van der Waals surface area contributed by atoms with Gasteiger partial charge in [0.2, 0.25) is 0 Å². The summed E-state index contributed by atoms with van der Waals surface area (Å²) >= 11 is 3.52. The predicted molar refractivity (Wildman–Crippen MR) is 57.4 cm³/mol. The minimum atomic E-state index is 0.501. The highest BCUT2D eigenvalue weighted by Crippen LogP contribution is 2.18. The number of imidazole rings is 1. The van der Waals surface area contributed by atoms with Crippen molar-refractivity contribution in [3.63, 3.8) is 0 Å². The molecule has 0 aliphatic rings. The Kier molecular flexibility index (Phi) is 3.93. The normalized spacial score (nSPS) is 10.8. The van der Waals surface area contributed by atoms with Gasteiger partial charge in [-0.15, -0.1) is 0 Å². The van der Waals surface area contributed by atoms with Crippen LogP contribution in [0, 0.1) is 0 Å². The molecule has 2 N–H and O–H groups in total. The molecule has 1 aromatic rings. The molecule has 0 aliphatic heterocycles. The largest absolute Gasteiger partial charge is 0.325 e. The average molecular weight is 246 g/mol. The van der Waals surface area contributed by atoms with Crippen molar-refractivity contribution in [2.75, 3.05) is 0 Å². The van der Waals surface area contributed by atoms with Crippen LogP contribution in [0.3, 0.4) is 0 Å². The summed E-state index contributed by atoms with van der Waals surface area (Å²) in [6, 6.07) is 0. The summed E-state index contributed by atoms with van der Waals surface area (Å²) in [7, 11) is 1.98. The van der Waals surface area contributed by atoms with Crippen LogP contribution >= 0.6 is 15.9 Å². The maximum absolute atomic E-state index is 5.56. The van der Waals surface area contributed by atoms with E-state index in [0.717, 1.165) is 22.5 Å². The van der Waals surface area contributed by atoms with Crippen LogP contribution in [0.5, 0.6) is 0 Å². The molecule has 13 heavy (non-hydrogen) atoms. The number of aryl methyl sites for hydroxylation is 1. The third kappa shape index (κ3) is 2.31. The zero-order valence-electron chi connectivity index (χ0n) is 8.18. The van der Waals surface area contributed by atoms with Crippen LogP contribution in [-0.4, -0.2) is 9.55 Å². The lowest BCUT2D eigenvalue weighted by atomic mass is 10.2. The molecule has 0 unspecified atom stereocenters. The maximum Gasteiger partial charge on any atom is 0.123 e. The summed E-state index contributed by atoms with van der Waals surface area (Å²) in [5.41, 5.74) is 6.69. The molecule has 0 radical (unpaired) electrons. The Bertz CT molecular complexity index is 281. The van der Waals surface area contributed by atoms with E-state index in [0.29, 0.717) is 6.54 Å². The van der Waals surface area contributed by atoms with Crippen molar-refractivity contribution in [2.45, 2.75) is 32.7 Å². The molecule has 0 bridgehead atoms. The molecule has 0 aliphatic carbocycles. The lowest BCUT2D eigenvalue weighted by Gasteiger charge is -1.97. The van der Waals surface area contributed by atoms with Crippen molar-refractivity contribution in [2.24, 2.45) is 12.8 Å². The van der Waals surface area contributed by atoms with Gasteiger partial charge in [-0.25, -0.2) is 4.98 Å². The molecule has 1 aromatic heterocycles. The number of nitrogens with zero attached hydrogens (tertiary/aromatic N) is 2. The highest BCUT2D eigenvalue weighted by molar-refractivity contribution is 9.10. The van der Waals surface area contributed by atoms with Gasteiger partial charge < -0.3 is 10.3 Å². The SMILES string of the molecule is CCCCc1nc(CN)n(C)c1Br. The fourth-order valence-corrected chi connectivity index (χ4v) is 1.76. The van der Waals surface area contributed by atoms with E-state index < -0.39 is 0 Å². The second kappa shape index (κ2) is 4.77. The Labute approximate surface area is 87.5 Å². The van der Waals surface area contributed by atoms with Crippen molar-refractivity contribution < 1.29 is 0 Å². The average Bonchev–Trinajstić information content (AvgIpc) is 2.41. The number of rotatable bonds is 4. The molecule has 1 heterocycles. The van der Waals surface area contributed by atoms with E-state index in [1.807, 2.05) is 11.6 Å². The van der Waals surface area contributed by atoms with Gasteiger partial charge in [-0.3, -0.25) is 0 Å². The topological polar surface area (TPSA) is 43.8 Å². The first kappa shape index (κ1) is 10.7. The minimum Gasteiger partial charge on any atom is -0.325 e. The summed E-state index contributed by atoms with van der Waals surface area (Å²) < 4.78 is 3.08. The van der Waals surface area contributed by atoms with Gasteiger partial charge in [0.05, 0.1) is 12.2 Å². The standard InChI is InChI=1S/C9H16BrN3/c1-3-4-5-7-9(10)13(2)8(6-11)12-7/h3-6,11H2,1-2H3. The molecule has 0 fully saturated rings. The van der Waals surface area contributed by atoms with E-state index in [-0.39, 0.29) is 0 Å². The van der Waals surface area contributed by atoms with Crippen LogP contribution in [0.4, 0.5) is 0 Å². The van der Waals surface area contributed by atoms with Crippen LogP contribution in [0.25, 0.3) is 0 Å². The molecular formula is C9H16BrN3. The summed E-state index contributed by atoms with van der Waals surface area (Å²) in [6.07, 6.45) is 3.41. The molecule has 0 saturated heterocycles. The van der Waals surface area contributed by atoms with Gasteiger partial charge >= 0.3 is 0 Å². The lowest BCUT2D eigenvalue weighted by molar-refractivity contribution is 0.774. The Morgan fingerprint density at radius 2 is 2.23 bits per heavy atom. The van der Waals surface area contributed by atoms with Crippen LogP contribution in [-0.2, 0) is 20.0 Å². The quantitative estimate of drug-likeness (QED) is 0.882. The van der Waals surface area contributed by atoms with Crippen molar-refractivity contribution in [3.05, 3.63) is 16.1 Å². The molecule has 4 heteroatoms. The number of halogens is 1. The molecule has 3 nitrogen and oxygen atoms in total. The Morgan fingerprint density at radius 3 is 2.69 bits per heavy atom. The van der Waals surface area contributed by atoms with E-state index in [1.54, 1.807) is 0 Å². The second-order valence-electron chi connectivity index (χ2n) is 3.13. The number of unbranched alkanes of at least 4 members (excludes halogenated alkanes) is 1. The summed E-state index contributed by atoms with van der Waals surface area (Å²) in [4.78, 5) is 4.46. The van der Waals surface area contributed by atoms with E-state index in [1.165, 1.54) is 12.8 Å². The molecule has 0 aromatic carbocycles. The van der Waals surface area contributed by atoms with Gasteiger partial charge in [0.15, 0.2) is 0 Å². The van der Waals surface area contributed by atoms with Gasteiger partial charge in [0.25, 0.3) is 0 Å². The number of nitrogens with two attached hydrogens (primary N) is 1. The fourth-order valence-electron chi connectivity index (χ4n) is 1.27. The van der Waals surface area contributed by atoms with Gasteiger partial charge in [-0.2, -0.15) is 0 Å². The summed E-state index contributed by atoms with van der Waals surface area (Å²) in [6.45, 7) is 2.68. The zero-order chi connectivity index (χ0) is 9.84. The van der Waals surface area contributed by atoms with Gasteiger partial charge in [-0.05, 0) is 28.8 Å². The first-order valence-electron chi connectivity index (χ1n) is 4.60. The van der Waals surface area contributed by atoms with Gasteiger partial charge in [0.1, 0.15) is 10.4 Å². The molecule has 0 spiro atoms. The van der Waals surface area contributed by atoms with Crippen molar-refractivity contribution in [1.29, 1.82) is 0 Å².